The van der Waals surface area contributed by atoms with Gasteiger partial charge in [-0.3, -0.25) is 9.52 Å². The number of amides is 1. The van der Waals surface area contributed by atoms with Gasteiger partial charge in [0.15, 0.2) is 6.61 Å². The van der Waals surface area contributed by atoms with Gasteiger partial charge in [-0.2, -0.15) is 0 Å². The number of sulfonamides is 1. The maximum absolute atomic E-state index is 12.6. The fraction of sp³-hybridized carbons (Fsp3) is 0.136. The molecule has 0 aromatic heterocycles. The van der Waals surface area contributed by atoms with Crippen molar-refractivity contribution in [2.24, 2.45) is 0 Å². The lowest BCUT2D eigenvalue weighted by atomic mass is 10.1. The minimum atomic E-state index is -3.85. The average Bonchev–Trinajstić information content (AvgIpc) is 2.64. The van der Waals surface area contributed by atoms with Gasteiger partial charge in [-0.05, 0) is 79.6 Å². The van der Waals surface area contributed by atoms with Crippen molar-refractivity contribution in [1.82, 2.24) is 0 Å². The first-order chi connectivity index (χ1) is 14.6. The molecule has 9 heteroatoms. The summed E-state index contributed by atoms with van der Waals surface area (Å²) in [5.74, 6) is 0.0431. The third-order valence-corrected chi connectivity index (χ3v) is 5.96. The Morgan fingerprint density at radius 3 is 2.03 bits per heavy atom. The summed E-state index contributed by atoms with van der Waals surface area (Å²) in [6, 6.07) is 15.9. The van der Waals surface area contributed by atoms with Gasteiger partial charge in [0, 0.05) is 15.7 Å². The van der Waals surface area contributed by atoms with Gasteiger partial charge in [0.25, 0.3) is 15.9 Å². The van der Waals surface area contributed by atoms with Crippen molar-refractivity contribution in [1.29, 1.82) is 0 Å². The Morgan fingerprint density at radius 2 is 1.45 bits per heavy atom. The monoisotopic (exact) mass is 478 g/mol. The molecule has 2 N–H and O–H groups in total. The molecule has 3 aromatic rings. The molecule has 0 unspecified atom stereocenters. The first kappa shape index (κ1) is 22.9. The van der Waals surface area contributed by atoms with E-state index < -0.39 is 10.0 Å². The molecule has 31 heavy (non-hydrogen) atoms. The van der Waals surface area contributed by atoms with Crippen LogP contribution >= 0.6 is 23.2 Å². The van der Waals surface area contributed by atoms with Gasteiger partial charge in [0.2, 0.25) is 0 Å². The van der Waals surface area contributed by atoms with Crippen LogP contribution in [0.3, 0.4) is 0 Å². The highest BCUT2D eigenvalue weighted by Gasteiger charge is 2.15. The van der Waals surface area contributed by atoms with E-state index >= 15 is 0 Å². The zero-order valence-corrected chi connectivity index (χ0v) is 19.1. The predicted octanol–water partition coefficient (Wildman–Crippen LogP) is 5.43. The van der Waals surface area contributed by atoms with E-state index in [2.05, 4.69) is 10.0 Å². The Morgan fingerprint density at radius 1 is 0.871 bits per heavy atom. The molecule has 162 valence electrons. The summed E-state index contributed by atoms with van der Waals surface area (Å²) in [5.41, 5.74) is 3.03. The molecule has 3 aromatic carbocycles. The SMILES string of the molecule is Cc1cc(C)cc(NC(=O)COc2ccc(S(=O)(=O)Nc3cc(Cl)cc(Cl)c3)cc2)c1. The number of hydrogen-bond donors (Lipinski definition) is 2. The van der Waals surface area contributed by atoms with E-state index in [1.165, 1.54) is 42.5 Å². The lowest BCUT2D eigenvalue weighted by molar-refractivity contribution is -0.118. The first-order valence-electron chi connectivity index (χ1n) is 9.21. The summed E-state index contributed by atoms with van der Waals surface area (Å²) in [7, 11) is -3.85. The first-order valence-corrected chi connectivity index (χ1v) is 11.4. The van der Waals surface area contributed by atoms with Crippen molar-refractivity contribution in [2.45, 2.75) is 18.7 Å². The molecule has 0 heterocycles. The molecule has 0 saturated carbocycles. The number of hydrogen-bond acceptors (Lipinski definition) is 4. The Hall–Kier alpha value is -2.74. The normalized spacial score (nSPS) is 11.1. The largest absolute Gasteiger partial charge is 0.484 e. The Bertz CT molecular complexity index is 1170. The van der Waals surface area contributed by atoms with Crippen LogP contribution in [0.15, 0.2) is 65.6 Å². The number of anilines is 2. The van der Waals surface area contributed by atoms with Gasteiger partial charge < -0.3 is 10.1 Å². The van der Waals surface area contributed by atoms with Gasteiger partial charge in [-0.15, -0.1) is 0 Å². The van der Waals surface area contributed by atoms with Crippen LogP contribution in [0.25, 0.3) is 0 Å². The standard InChI is InChI=1S/C22H20Cl2N2O4S/c1-14-7-15(2)9-18(8-14)25-22(27)13-30-20-3-5-21(6-4-20)31(28,29)26-19-11-16(23)10-17(24)12-19/h3-12,26H,13H2,1-2H3,(H,25,27). The predicted molar refractivity (Wildman–Crippen MR) is 124 cm³/mol. The molecular weight excluding hydrogens is 459 g/mol. The highest BCUT2D eigenvalue weighted by molar-refractivity contribution is 7.92. The van der Waals surface area contributed by atoms with E-state index in [1.807, 2.05) is 32.0 Å². The molecule has 1 amide bonds. The summed E-state index contributed by atoms with van der Waals surface area (Å²) < 4.78 is 33.0. The second kappa shape index (κ2) is 9.60. The zero-order valence-electron chi connectivity index (χ0n) is 16.8. The van der Waals surface area contributed by atoms with Gasteiger partial charge in [-0.25, -0.2) is 8.42 Å². The quantitative estimate of drug-likeness (QED) is 0.474. The van der Waals surface area contributed by atoms with Crippen LogP contribution in [0.4, 0.5) is 11.4 Å². The van der Waals surface area contributed by atoms with Crippen molar-refractivity contribution in [3.05, 3.63) is 81.8 Å². The summed E-state index contributed by atoms with van der Waals surface area (Å²) >= 11 is 11.8. The molecule has 0 aliphatic carbocycles. The third-order valence-electron chi connectivity index (χ3n) is 4.12. The second-order valence-corrected chi connectivity index (χ2v) is 9.50. The molecule has 0 spiro atoms. The fourth-order valence-corrected chi connectivity index (χ4v) is 4.50. The topological polar surface area (TPSA) is 84.5 Å². The smallest absolute Gasteiger partial charge is 0.262 e. The van der Waals surface area contributed by atoms with E-state index in [1.54, 1.807) is 0 Å². The Kier molecular flexibility index (Phi) is 7.10. The van der Waals surface area contributed by atoms with Crippen LogP contribution in [-0.4, -0.2) is 20.9 Å². The van der Waals surface area contributed by atoms with Crippen molar-refractivity contribution < 1.29 is 17.9 Å². The fourth-order valence-electron chi connectivity index (χ4n) is 2.93. The number of aryl methyl sites for hydroxylation is 2. The number of rotatable bonds is 7. The molecule has 0 radical (unpaired) electrons. The molecule has 3 rings (SSSR count). The maximum Gasteiger partial charge on any atom is 0.262 e. The molecule has 0 aliphatic heterocycles. The molecular formula is C22H20Cl2N2O4S. The summed E-state index contributed by atoms with van der Waals surface area (Å²) in [6.45, 7) is 3.69. The molecule has 0 bridgehead atoms. The van der Waals surface area contributed by atoms with Crippen molar-refractivity contribution in [3.63, 3.8) is 0 Å². The number of benzene rings is 3. The molecule has 0 atom stereocenters. The highest BCUT2D eigenvalue weighted by Crippen LogP contribution is 2.25. The van der Waals surface area contributed by atoms with Crippen molar-refractivity contribution in [2.75, 3.05) is 16.6 Å². The minimum absolute atomic E-state index is 0.0237. The summed E-state index contributed by atoms with van der Waals surface area (Å²) in [5, 5.41) is 3.40. The van der Waals surface area contributed by atoms with Gasteiger partial charge in [-0.1, -0.05) is 29.3 Å². The van der Waals surface area contributed by atoms with Gasteiger partial charge in [0.1, 0.15) is 5.75 Å². The molecule has 0 fully saturated rings. The van der Waals surface area contributed by atoms with E-state index in [-0.39, 0.29) is 23.1 Å². The van der Waals surface area contributed by atoms with Crippen molar-refractivity contribution in [3.8, 4) is 5.75 Å². The lowest BCUT2D eigenvalue weighted by Crippen LogP contribution is -2.20. The summed E-state index contributed by atoms with van der Waals surface area (Å²) in [4.78, 5) is 12.2. The lowest BCUT2D eigenvalue weighted by Gasteiger charge is -2.11. The number of nitrogens with one attached hydrogen (secondary N) is 2. The van der Waals surface area contributed by atoms with Crippen molar-refractivity contribution >= 4 is 50.5 Å². The van der Waals surface area contributed by atoms with Gasteiger partial charge in [0.05, 0.1) is 10.6 Å². The second-order valence-electron chi connectivity index (χ2n) is 6.95. The van der Waals surface area contributed by atoms with E-state index in [0.29, 0.717) is 21.5 Å². The number of carbonyl (C=O) groups is 1. The van der Waals surface area contributed by atoms with E-state index in [0.717, 1.165) is 11.1 Å². The van der Waals surface area contributed by atoms with E-state index in [9.17, 15) is 13.2 Å². The molecule has 0 saturated heterocycles. The molecule has 6 nitrogen and oxygen atoms in total. The average molecular weight is 479 g/mol. The number of halogens is 2. The number of carbonyl (C=O) groups excluding carboxylic acids is 1. The van der Waals surface area contributed by atoms with Crippen LogP contribution < -0.4 is 14.8 Å². The highest BCUT2D eigenvalue weighted by atomic mass is 35.5. The van der Waals surface area contributed by atoms with Crippen LogP contribution in [0.1, 0.15) is 11.1 Å². The minimum Gasteiger partial charge on any atom is -0.484 e. The van der Waals surface area contributed by atoms with Gasteiger partial charge >= 0.3 is 0 Å². The van der Waals surface area contributed by atoms with E-state index in [4.69, 9.17) is 27.9 Å². The third kappa shape index (κ3) is 6.62. The van der Waals surface area contributed by atoms with Crippen LogP contribution in [0.2, 0.25) is 10.0 Å². The van der Waals surface area contributed by atoms with Crippen LogP contribution in [0.5, 0.6) is 5.75 Å². The van der Waals surface area contributed by atoms with Crippen LogP contribution in [0, 0.1) is 13.8 Å². The zero-order chi connectivity index (χ0) is 22.6. The summed E-state index contributed by atoms with van der Waals surface area (Å²) in [6.07, 6.45) is 0. The number of ether oxygens (including phenoxy) is 1. The maximum atomic E-state index is 12.6. The Balaban J connectivity index is 1.60. The molecule has 0 aliphatic rings. The Labute approximate surface area is 191 Å². The van der Waals surface area contributed by atoms with Crippen LogP contribution in [-0.2, 0) is 14.8 Å².